The van der Waals surface area contributed by atoms with Gasteiger partial charge in [0.05, 0.1) is 0 Å². The zero-order valence-electron chi connectivity index (χ0n) is 9.00. The van der Waals surface area contributed by atoms with Crippen molar-refractivity contribution in [1.29, 1.82) is 0 Å². The van der Waals surface area contributed by atoms with E-state index in [1.54, 1.807) is 0 Å². The number of nitrogens with one attached hydrogen (secondary N) is 1. The van der Waals surface area contributed by atoms with Crippen LogP contribution in [0.5, 0.6) is 0 Å². The Morgan fingerprint density at radius 1 is 1.00 bits per heavy atom. The van der Waals surface area contributed by atoms with Gasteiger partial charge in [-0.1, -0.05) is 17.7 Å². The fourth-order valence-corrected chi connectivity index (χ4v) is 1.54. The molecule has 0 saturated heterocycles. The molecule has 0 aliphatic rings. The monoisotopic (exact) mass is 232 g/mol. The molecule has 2 rings (SSSR count). The molecular formula is C13H13ClN2. The minimum atomic E-state index is 0.731. The molecule has 16 heavy (non-hydrogen) atoms. The quantitative estimate of drug-likeness (QED) is 0.769. The van der Waals surface area contributed by atoms with Gasteiger partial charge in [0.25, 0.3) is 0 Å². The Balaban J connectivity index is 2.20. The third-order valence-electron chi connectivity index (χ3n) is 2.41. The molecule has 0 radical (unpaired) electrons. The van der Waals surface area contributed by atoms with Gasteiger partial charge < -0.3 is 11.1 Å². The molecular weight excluding hydrogens is 220 g/mol. The van der Waals surface area contributed by atoms with E-state index in [4.69, 9.17) is 17.3 Å². The Labute approximate surface area is 100 Å². The highest BCUT2D eigenvalue weighted by Crippen LogP contribution is 2.22. The second kappa shape index (κ2) is 4.45. The molecule has 0 aliphatic carbocycles. The van der Waals surface area contributed by atoms with Gasteiger partial charge in [-0.3, -0.25) is 0 Å². The van der Waals surface area contributed by atoms with Crippen molar-refractivity contribution in [3.63, 3.8) is 0 Å². The van der Waals surface area contributed by atoms with Gasteiger partial charge in [0.15, 0.2) is 0 Å². The van der Waals surface area contributed by atoms with E-state index < -0.39 is 0 Å². The van der Waals surface area contributed by atoms with Crippen LogP contribution in [-0.2, 0) is 0 Å². The van der Waals surface area contributed by atoms with Crippen molar-refractivity contribution in [2.24, 2.45) is 0 Å². The maximum atomic E-state index is 5.84. The summed E-state index contributed by atoms with van der Waals surface area (Å²) in [5, 5.41) is 3.99. The Morgan fingerprint density at radius 3 is 2.25 bits per heavy atom. The summed E-state index contributed by atoms with van der Waals surface area (Å²) in [6.07, 6.45) is 0. The van der Waals surface area contributed by atoms with Gasteiger partial charge in [-0.2, -0.15) is 0 Å². The molecule has 0 aromatic heterocycles. The zero-order chi connectivity index (χ0) is 11.5. The van der Waals surface area contributed by atoms with Crippen LogP contribution in [-0.4, -0.2) is 0 Å². The smallest absolute Gasteiger partial charge is 0.0407 e. The normalized spacial score (nSPS) is 10.1. The molecule has 3 heteroatoms. The van der Waals surface area contributed by atoms with E-state index in [0.29, 0.717) is 0 Å². The number of nitrogens with two attached hydrogens (primary N) is 1. The van der Waals surface area contributed by atoms with Crippen LogP contribution in [0.3, 0.4) is 0 Å². The largest absolute Gasteiger partial charge is 0.398 e. The van der Waals surface area contributed by atoms with E-state index in [1.807, 2.05) is 49.4 Å². The minimum Gasteiger partial charge on any atom is -0.398 e. The van der Waals surface area contributed by atoms with Crippen molar-refractivity contribution >= 4 is 28.7 Å². The summed E-state index contributed by atoms with van der Waals surface area (Å²) >= 11 is 5.81. The molecule has 0 aliphatic heterocycles. The average Bonchev–Trinajstić information content (AvgIpc) is 2.27. The molecule has 0 atom stereocenters. The molecule has 82 valence electrons. The van der Waals surface area contributed by atoms with E-state index in [0.717, 1.165) is 27.6 Å². The topological polar surface area (TPSA) is 38.0 Å². The number of benzene rings is 2. The number of rotatable bonds is 2. The number of aryl methyl sites for hydroxylation is 1. The standard InChI is InChI=1S/C13H13ClN2/c1-9-2-5-12(8-13(9)15)16-11-6-3-10(14)4-7-11/h2-8,16H,15H2,1H3. The van der Waals surface area contributed by atoms with E-state index in [9.17, 15) is 0 Å². The third kappa shape index (κ3) is 2.47. The van der Waals surface area contributed by atoms with E-state index in [-0.39, 0.29) is 0 Å². The van der Waals surface area contributed by atoms with Gasteiger partial charge in [0.1, 0.15) is 0 Å². The highest BCUT2D eigenvalue weighted by atomic mass is 35.5. The van der Waals surface area contributed by atoms with Gasteiger partial charge in [0.2, 0.25) is 0 Å². The highest BCUT2D eigenvalue weighted by molar-refractivity contribution is 6.30. The lowest BCUT2D eigenvalue weighted by Gasteiger charge is -2.08. The van der Waals surface area contributed by atoms with E-state index in [2.05, 4.69) is 5.32 Å². The van der Waals surface area contributed by atoms with Gasteiger partial charge in [-0.05, 0) is 48.9 Å². The number of anilines is 3. The summed E-state index contributed by atoms with van der Waals surface area (Å²) in [5.41, 5.74) is 9.68. The van der Waals surface area contributed by atoms with Gasteiger partial charge in [0, 0.05) is 22.1 Å². The molecule has 2 nitrogen and oxygen atoms in total. The van der Waals surface area contributed by atoms with Crippen molar-refractivity contribution < 1.29 is 0 Å². The van der Waals surface area contributed by atoms with Crippen LogP contribution >= 0.6 is 11.6 Å². The highest BCUT2D eigenvalue weighted by Gasteiger charge is 1.97. The maximum Gasteiger partial charge on any atom is 0.0407 e. The van der Waals surface area contributed by atoms with Crippen LogP contribution in [0, 0.1) is 6.92 Å². The first-order valence-electron chi connectivity index (χ1n) is 5.04. The van der Waals surface area contributed by atoms with Crippen LogP contribution in [0.15, 0.2) is 42.5 Å². The minimum absolute atomic E-state index is 0.731. The first-order chi connectivity index (χ1) is 7.65. The number of hydrogen-bond donors (Lipinski definition) is 2. The fourth-order valence-electron chi connectivity index (χ4n) is 1.42. The van der Waals surface area contributed by atoms with Crippen molar-refractivity contribution in [2.45, 2.75) is 6.92 Å². The molecule has 3 N–H and O–H groups in total. The summed E-state index contributed by atoms with van der Waals surface area (Å²) in [5.74, 6) is 0. The van der Waals surface area contributed by atoms with Gasteiger partial charge >= 0.3 is 0 Å². The Kier molecular flexibility index (Phi) is 3.02. The third-order valence-corrected chi connectivity index (χ3v) is 2.66. The lowest BCUT2D eigenvalue weighted by Crippen LogP contribution is -1.94. The number of nitrogen functional groups attached to an aromatic ring is 1. The second-order valence-electron chi connectivity index (χ2n) is 3.70. The summed E-state index contributed by atoms with van der Waals surface area (Å²) in [4.78, 5) is 0. The maximum absolute atomic E-state index is 5.84. The van der Waals surface area contributed by atoms with Crippen molar-refractivity contribution in [3.05, 3.63) is 53.1 Å². The molecule has 2 aromatic carbocycles. The lowest BCUT2D eigenvalue weighted by molar-refractivity contribution is 1.45. The van der Waals surface area contributed by atoms with Crippen LogP contribution < -0.4 is 11.1 Å². The van der Waals surface area contributed by atoms with Gasteiger partial charge in [-0.25, -0.2) is 0 Å². The molecule has 0 saturated carbocycles. The molecule has 0 heterocycles. The Morgan fingerprint density at radius 2 is 1.62 bits per heavy atom. The van der Waals surface area contributed by atoms with Crippen LogP contribution in [0.1, 0.15) is 5.56 Å². The first-order valence-corrected chi connectivity index (χ1v) is 5.42. The van der Waals surface area contributed by atoms with E-state index >= 15 is 0 Å². The molecule has 0 unspecified atom stereocenters. The predicted octanol–water partition coefficient (Wildman–Crippen LogP) is 3.97. The van der Waals surface area contributed by atoms with Crippen molar-refractivity contribution in [3.8, 4) is 0 Å². The second-order valence-corrected chi connectivity index (χ2v) is 4.14. The molecule has 0 spiro atoms. The predicted molar refractivity (Wildman–Crippen MR) is 70.3 cm³/mol. The lowest BCUT2D eigenvalue weighted by atomic mass is 10.2. The first kappa shape index (κ1) is 10.8. The Hall–Kier alpha value is -1.67. The summed E-state index contributed by atoms with van der Waals surface area (Å²) < 4.78 is 0. The summed E-state index contributed by atoms with van der Waals surface area (Å²) in [6, 6.07) is 13.5. The molecule has 2 aromatic rings. The van der Waals surface area contributed by atoms with Crippen molar-refractivity contribution in [2.75, 3.05) is 11.1 Å². The molecule has 0 bridgehead atoms. The van der Waals surface area contributed by atoms with Crippen LogP contribution in [0.4, 0.5) is 17.1 Å². The average molecular weight is 233 g/mol. The number of hydrogen-bond acceptors (Lipinski definition) is 2. The molecule has 0 fully saturated rings. The van der Waals surface area contributed by atoms with Gasteiger partial charge in [-0.15, -0.1) is 0 Å². The molecule has 0 amide bonds. The van der Waals surface area contributed by atoms with E-state index in [1.165, 1.54) is 0 Å². The Bertz CT molecular complexity index is 492. The van der Waals surface area contributed by atoms with Crippen LogP contribution in [0.2, 0.25) is 5.02 Å². The summed E-state index contributed by atoms with van der Waals surface area (Å²) in [7, 11) is 0. The number of halogens is 1. The zero-order valence-corrected chi connectivity index (χ0v) is 9.75. The fraction of sp³-hybridized carbons (Fsp3) is 0.0769. The van der Waals surface area contributed by atoms with Crippen LogP contribution in [0.25, 0.3) is 0 Å². The van der Waals surface area contributed by atoms with Crippen molar-refractivity contribution in [1.82, 2.24) is 0 Å². The SMILES string of the molecule is Cc1ccc(Nc2ccc(Cl)cc2)cc1N. The summed E-state index contributed by atoms with van der Waals surface area (Å²) in [6.45, 7) is 1.99.